The van der Waals surface area contributed by atoms with Crippen molar-refractivity contribution in [3.8, 4) is 5.75 Å². The molecule has 0 aromatic heterocycles. The fourth-order valence-corrected chi connectivity index (χ4v) is 2.72. The Morgan fingerprint density at radius 1 is 1.32 bits per heavy atom. The van der Waals surface area contributed by atoms with Gasteiger partial charge in [-0.05, 0) is 30.9 Å². The van der Waals surface area contributed by atoms with Gasteiger partial charge in [0.05, 0.1) is 14.2 Å². The van der Waals surface area contributed by atoms with E-state index in [0.29, 0.717) is 25.9 Å². The average molecular weight is 306 g/mol. The third-order valence-corrected chi connectivity index (χ3v) is 3.85. The Bertz CT molecular complexity index is 533. The van der Waals surface area contributed by atoms with Crippen LogP contribution in [0.5, 0.6) is 5.75 Å². The lowest BCUT2D eigenvalue weighted by Gasteiger charge is -2.22. The molecular formula is C16H22N2O4. The molecule has 0 aliphatic carbocycles. The van der Waals surface area contributed by atoms with Crippen molar-refractivity contribution in [3.63, 3.8) is 0 Å². The second-order valence-corrected chi connectivity index (χ2v) is 5.17. The molecule has 0 spiro atoms. The molecule has 1 N–H and O–H groups in total. The van der Waals surface area contributed by atoms with E-state index in [-0.39, 0.29) is 5.91 Å². The van der Waals surface area contributed by atoms with Gasteiger partial charge in [0.2, 0.25) is 5.91 Å². The van der Waals surface area contributed by atoms with Gasteiger partial charge in [-0.2, -0.15) is 0 Å². The highest BCUT2D eigenvalue weighted by Gasteiger charge is 2.34. The molecule has 1 aromatic carbocycles. The number of nitrogens with zero attached hydrogens (tertiary/aromatic N) is 1. The summed E-state index contributed by atoms with van der Waals surface area (Å²) < 4.78 is 9.99. The summed E-state index contributed by atoms with van der Waals surface area (Å²) in [6.45, 7) is 1.07. The highest BCUT2D eigenvalue weighted by atomic mass is 16.5. The Morgan fingerprint density at radius 2 is 2.09 bits per heavy atom. The summed E-state index contributed by atoms with van der Waals surface area (Å²) in [5, 5.41) is 2.89. The quantitative estimate of drug-likeness (QED) is 0.897. The lowest BCUT2D eigenvalue weighted by molar-refractivity contribution is -0.125. The van der Waals surface area contributed by atoms with Crippen LogP contribution in [-0.2, 0) is 16.0 Å². The number of carbonyl (C=O) groups excluding carboxylic acids is 2. The number of amides is 2. The molecule has 6 nitrogen and oxygen atoms in total. The van der Waals surface area contributed by atoms with Crippen LogP contribution >= 0.6 is 0 Å². The van der Waals surface area contributed by atoms with Crippen molar-refractivity contribution in [2.75, 3.05) is 27.3 Å². The largest absolute Gasteiger partial charge is 0.496 e. The molecule has 1 unspecified atom stereocenters. The van der Waals surface area contributed by atoms with Crippen molar-refractivity contribution in [2.24, 2.45) is 0 Å². The van der Waals surface area contributed by atoms with Gasteiger partial charge in [-0.15, -0.1) is 0 Å². The Kier molecular flexibility index (Phi) is 5.63. The van der Waals surface area contributed by atoms with Gasteiger partial charge in [-0.1, -0.05) is 18.2 Å². The first-order valence-corrected chi connectivity index (χ1v) is 7.41. The summed E-state index contributed by atoms with van der Waals surface area (Å²) in [5.74, 6) is 0.687. The van der Waals surface area contributed by atoms with Gasteiger partial charge in [0.15, 0.2) is 0 Å². The summed E-state index contributed by atoms with van der Waals surface area (Å²) in [5.41, 5.74) is 1.04. The second-order valence-electron chi connectivity index (χ2n) is 5.17. The highest BCUT2D eigenvalue weighted by Crippen LogP contribution is 2.19. The highest BCUT2D eigenvalue weighted by molar-refractivity contribution is 5.86. The standard InChI is InChI=1S/C16H22N2O4/c1-21-14-8-4-3-6-12(14)9-10-17-15(19)13-7-5-11-18(13)16(20)22-2/h3-4,6,8,13H,5,7,9-11H2,1-2H3,(H,17,19). The van der Waals surface area contributed by atoms with Crippen molar-refractivity contribution in [2.45, 2.75) is 25.3 Å². The third kappa shape index (κ3) is 3.69. The number of ether oxygens (including phenoxy) is 2. The SMILES string of the molecule is COC(=O)N1CCCC1C(=O)NCCc1ccccc1OC. The van der Waals surface area contributed by atoms with Crippen LogP contribution in [0.15, 0.2) is 24.3 Å². The molecule has 0 bridgehead atoms. The first kappa shape index (κ1) is 16.1. The van der Waals surface area contributed by atoms with Crippen LogP contribution in [0.4, 0.5) is 4.79 Å². The molecule has 1 aliphatic heterocycles. The minimum Gasteiger partial charge on any atom is -0.496 e. The number of hydrogen-bond acceptors (Lipinski definition) is 4. The summed E-state index contributed by atoms with van der Waals surface area (Å²) in [4.78, 5) is 25.3. The second kappa shape index (κ2) is 7.68. The number of likely N-dealkylation sites (tertiary alicyclic amines) is 1. The molecule has 1 saturated heterocycles. The van der Waals surface area contributed by atoms with Crippen molar-refractivity contribution < 1.29 is 19.1 Å². The molecule has 0 radical (unpaired) electrons. The predicted molar refractivity (Wildman–Crippen MR) is 81.8 cm³/mol. The molecule has 1 aliphatic rings. The van der Waals surface area contributed by atoms with E-state index in [4.69, 9.17) is 9.47 Å². The van der Waals surface area contributed by atoms with Crippen LogP contribution < -0.4 is 10.1 Å². The molecule has 1 aromatic rings. The number of nitrogens with one attached hydrogen (secondary N) is 1. The molecule has 0 saturated carbocycles. The minimum absolute atomic E-state index is 0.127. The van der Waals surface area contributed by atoms with E-state index < -0.39 is 12.1 Å². The van der Waals surface area contributed by atoms with Gasteiger partial charge in [0.25, 0.3) is 0 Å². The molecule has 1 atom stereocenters. The summed E-state index contributed by atoms with van der Waals surface area (Å²) in [7, 11) is 2.96. The van der Waals surface area contributed by atoms with E-state index in [2.05, 4.69) is 5.32 Å². The maximum Gasteiger partial charge on any atom is 0.410 e. The zero-order valence-corrected chi connectivity index (χ0v) is 13.0. The molecular weight excluding hydrogens is 284 g/mol. The molecule has 2 rings (SSSR count). The number of carbonyl (C=O) groups is 2. The summed E-state index contributed by atoms with van der Waals surface area (Å²) >= 11 is 0. The number of benzene rings is 1. The van der Waals surface area contributed by atoms with Gasteiger partial charge in [-0.25, -0.2) is 4.79 Å². The van der Waals surface area contributed by atoms with Crippen molar-refractivity contribution in [1.82, 2.24) is 10.2 Å². The molecule has 1 fully saturated rings. The van der Waals surface area contributed by atoms with Crippen molar-refractivity contribution in [3.05, 3.63) is 29.8 Å². The van der Waals surface area contributed by atoms with Gasteiger partial charge >= 0.3 is 6.09 Å². The Morgan fingerprint density at radius 3 is 2.82 bits per heavy atom. The minimum atomic E-state index is -0.442. The lowest BCUT2D eigenvalue weighted by atomic mass is 10.1. The van der Waals surface area contributed by atoms with Crippen molar-refractivity contribution in [1.29, 1.82) is 0 Å². The fourth-order valence-electron chi connectivity index (χ4n) is 2.72. The van der Waals surface area contributed by atoms with Gasteiger partial charge in [-0.3, -0.25) is 9.69 Å². The normalized spacial score (nSPS) is 17.2. The molecule has 6 heteroatoms. The smallest absolute Gasteiger partial charge is 0.410 e. The van der Waals surface area contributed by atoms with Gasteiger partial charge in [0, 0.05) is 13.1 Å². The van der Waals surface area contributed by atoms with E-state index in [1.54, 1.807) is 7.11 Å². The van der Waals surface area contributed by atoms with Crippen LogP contribution in [0.2, 0.25) is 0 Å². The fraction of sp³-hybridized carbons (Fsp3) is 0.500. The van der Waals surface area contributed by atoms with Crippen molar-refractivity contribution >= 4 is 12.0 Å². The van der Waals surface area contributed by atoms with Crippen LogP contribution in [-0.4, -0.2) is 50.3 Å². The number of methoxy groups -OCH3 is 2. The van der Waals surface area contributed by atoms with Crippen LogP contribution in [0.25, 0.3) is 0 Å². The number of rotatable bonds is 5. The van der Waals surface area contributed by atoms with E-state index in [0.717, 1.165) is 17.7 Å². The van der Waals surface area contributed by atoms with Gasteiger partial charge in [0.1, 0.15) is 11.8 Å². The number of para-hydroxylation sites is 1. The van der Waals surface area contributed by atoms with E-state index in [1.165, 1.54) is 12.0 Å². The first-order chi connectivity index (χ1) is 10.7. The maximum absolute atomic E-state index is 12.2. The Balaban J connectivity index is 1.86. The zero-order chi connectivity index (χ0) is 15.9. The third-order valence-electron chi connectivity index (χ3n) is 3.85. The lowest BCUT2D eigenvalue weighted by Crippen LogP contribution is -2.46. The number of hydrogen-bond donors (Lipinski definition) is 1. The van der Waals surface area contributed by atoms with E-state index >= 15 is 0 Å². The van der Waals surface area contributed by atoms with Crippen LogP contribution in [0, 0.1) is 0 Å². The molecule has 22 heavy (non-hydrogen) atoms. The molecule has 2 amide bonds. The Labute approximate surface area is 130 Å². The maximum atomic E-state index is 12.2. The predicted octanol–water partition coefficient (Wildman–Crippen LogP) is 1.58. The van der Waals surface area contributed by atoms with Crippen LogP contribution in [0.1, 0.15) is 18.4 Å². The van der Waals surface area contributed by atoms with Crippen LogP contribution in [0.3, 0.4) is 0 Å². The summed E-state index contributed by atoms with van der Waals surface area (Å²) in [6, 6.07) is 7.29. The summed E-state index contributed by atoms with van der Waals surface area (Å²) in [6.07, 6.45) is 1.73. The Hall–Kier alpha value is -2.24. The van der Waals surface area contributed by atoms with Gasteiger partial charge < -0.3 is 14.8 Å². The molecule has 120 valence electrons. The van der Waals surface area contributed by atoms with E-state index in [9.17, 15) is 9.59 Å². The zero-order valence-electron chi connectivity index (χ0n) is 13.0. The topological polar surface area (TPSA) is 67.9 Å². The van der Waals surface area contributed by atoms with E-state index in [1.807, 2.05) is 24.3 Å². The first-order valence-electron chi connectivity index (χ1n) is 7.41. The average Bonchev–Trinajstić information content (AvgIpc) is 3.04. The molecule has 1 heterocycles. The monoisotopic (exact) mass is 306 g/mol.